The first-order chi connectivity index (χ1) is 10.9. The van der Waals surface area contributed by atoms with Gasteiger partial charge in [0.1, 0.15) is 11.6 Å². The lowest BCUT2D eigenvalue weighted by atomic mass is 10.2. The summed E-state index contributed by atoms with van der Waals surface area (Å²) in [4.78, 5) is 14.3. The Morgan fingerprint density at radius 1 is 1.43 bits per heavy atom. The van der Waals surface area contributed by atoms with Gasteiger partial charge in [-0.2, -0.15) is 5.26 Å². The smallest absolute Gasteiger partial charge is 0.267 e. The summed E-state index contributed by atoms with van der Waals surface area (Å²) in [6.45, 7) is 7.24. The Labute approximate surface area is 150 Å². The normalized spacial score (nSPS) is 21.7. The van der Waals surface area contributed by atoms with Gasteiger partial charge >= 0.3 is 0 Å². The predicted octanol–water partition coefficient (Wildman–Crippen LogP) is 3.05. The minimum atomic E-state index is -0.386. The minimum Gasteiger partial charge on any atom is -0.372 e. The summed E-state index contributed by atoms with van der Waals surface area (Å²) < 4.78 is 6.76. The Morgan fingerprint density at radius 3 is 2.65 bits per heavy atom. The first kappa shape index (κ1) is 17.8. The Hall–Kier alpha value is -1.59. The topological polar surface area (TPSA) is 65.4 Å². The van der Waals surface area contributed by atoms with Gasteiger partial charge in [0.25, 0.3) is 5.91 Å². The number of nitriles is 1. The molecule has 23 heavy (non-hydrogen) atoms. The number of amides is 1. The highest BCUT2D eigenvalue weighted by Gasteiger charge is 2.21. The number of nitrogens with zero attached hydrogens (tertiary/aromatic N) is 2. The van der Waals surface area contributed by atoms with Gasteiger partial charge in [0, 0.05) is 28.5 Å². The van der Waals surface area contributed by atoms with Crippen LogP contribution in [0.2, 0.25) is 0 Å². The summed E-state index contributed by atoms with van der Waals surface area (Å²) in [5.74, 6) is -0.386. The third-order valence-corrected chi connectivity index (χ3v) is 4.23. The molecule has 0 aliphatic carbocycles. The van der Waals surface area contributed by atoms with Crippen molar-refractivity contribution in [2.75, 3.05) is 18.4 Å². The van der Waals surface area contributed by atoms with Crippen LogP contribution in [-0.2, 0) is 9.53 Å². The minimum absolute atomic E-state index is 0.0800. The van der Waals surface area contributed by atoms with Crippen LogP contribution in [-0.4, -0.2) is 36.1 Å². The van der Waals surface area contributed by atoms with E-state index >= 15 is 0 Å². The molecule has 1 aliphatic heterocycles. The van der Waals surface area contributed by atoms with Crippen LogP contribution < -0.4 is 5.32 Å². The highest BCUT2D eigenvalue weighted by molar-refractivity contribution is 14.1. The van der Waals surface area contributed by atoms with Gasteiger partial charge in [0.15, 0.2) is 0 Å². The SMILES string of the molecule is Cc1cc(I)ccc1NC(=O)/C(C#N)=C\N1CC(C)OC(C)C1. The number of hydrogen-bond acceptors (Lipinski definition) is 4. The van der Waals surface area contributed by atoms with E-state index in [0.717, 1.165) is 14.8 Å². The highest BCUT2D eigenvalue weighted by Crippen LogP contribution is 2.19. The van der Waals surface area contributed by atoms with E-state index in [2.05, 4.69) is 27.9 Å². The van der Waals surface area contributed by atoms with Gasteiger partial charge in [-0.15, -0.1) is 0 Å². The van der Waals surface area contributed by atoms with Crippen molar-refractivity contribution < 1.29 is 9.53 Å². The van der Waals surface area contributed by atoms with Crippen molar-refractivity contribution in [3.8, 4) is 6.07 Å². The molecule has 1 fully saturated rings. The summed E-state index contributed by atoms with van der Waals surface area (Å²) >= 11 is 2.22. The van der Waals surface area contributed by atoms with Gasteiger partial charge in [-0.05, 0) is 67.1 Å². The molecule has 122 valence electrons. The lowest BCUT2D eigenvalue weighted by molar-refractivity contribution is -0.112. The molecule has 1 N–H and O–H groups in total. The maximum Gasteiger partial charge on any atom is 0.267 e. The Bertz CT molecular complexity index is 656. The fourth-order valence-electron chi connectivity index (χ4n) is 2.60. The Morgan fingerprint density at radius 2 is 2.09 bits per heavy atom. The van der Waals surface area contributed by atoms with Gasteiger partial charge in [-0.3, -0.25) is 4.79 Å². The van der Waals surface area contributed by atoms with Crippen molar-refractivity contribution in [1.82, 2.24) is 4.90 Å². The molecule has 2 atom stereocenters. The number of rotatable bonds is 3. The van der Waals surface area contributed by atoms with Crippen LogP contribution in [0.15, 0.2) is 30.0 Å². The summed E-state index contributed by atoms with van der Waals surface area (Å²) in [5.41, 5.74) is 1.79. The summed E-state index contributed by atoms with van der Waals surface area (Å²) in [6.07, 6.45) is 1.79. The lowest BCUT2D eigenvalue weighted by Gasteiger charge is -2.34. The zero-order valence-electron chi connectivity index (χ0n) is 13.5. The Kier molecular flexibility index (Phi) is 6.02. The summed E-state index contributed by atoms with van der Waals surface area (Å²) in [7, 11) is 0. The van der Waals surface area contributed by atoms with E-state index in [-0.39, 0.29) is 23.7 Å². The molecular formula is C17H20IN3O2. The molecule has 1 aliphatic rings. The van der Waals surface area contributed by atoms with E-state index < -0.39 is 0 Å². The van der Waals surface area contributed by atoms with Crippen LogP contribution in [0.25, 0.3) is 0 Å². The summed E-state index contributed by atoms with van der Waals surface area (Å²) in [6, 6.07) is 7.75. The van der Waals surface area contributed by atoms with E-state index in [1.807, 2.05) is 49.9 Å². The second-order valence-corrected chi connectivity index (χ2v) is 7.02. The third-order valence-electron chi connectivity index (χ3n) is 3.56. The van der Waals surface area contributed by atoms with E-state index in [1.165, 1.54) is 0 Å². The number of nitrogens with one attached hydrogen (secondary N) is 1. The molecule has 0 bridgehead atoms. The number of aryl methyl sites for hydroxylation is 1. The molecular weight excluding hydrogens is 405 g/mol. The number of carbonyl (C=O) groups is 1. The van der Waals surface area contributed by atoms with Crippen molar-refractivity contribution in [2.45, 2.75) is 33.0 Å². The Balaban J connectivity index is 2.12. The zero-order chi connectivity index (χ0) is 17.0. The number of anilines is 1. The van der Waals surface area contributed by atoms with Crippen molar-refractivity contribution in [3.05, 3.63) is 39.1 Å². The van der Waals surface area contributed by atoms with Crippen molar-refractivity contribution in [1.29, 1.82) is 5.26 Å². The average Bonchev–Trinajstić information content (AvgIpc) is 2.46. The molecule has 1 saturated heterocycles. The molecule has 2 rings (SSSR count). The van der Waals surface area contributed by atoms with Crippen molar-refractivity contribution in [2.24, 2.45) is 0 Å². The molecule has 1 heterocycles. The zero-order valence-corrected chi connectivity index (χ0v) is 15.6. The van der Waals surface area contributed by atoms with Crippen LogP contribution in [0, 0.1) is 21.8 Å². The van der Waals surface area contributed by atoms with E-state index in [1.54, 1.807) is 6.20 Å². The van der Waals surface area contributed by atoms with Crippen LogP contribution in [0.5, 0.6) is 0 Å². The molecule has 5 nitrogen and oxygen atoms in total. The fourth-order valence-corrected chi connectivity index (χ4v) is 3.25. The molecule has 0 spiro atoms. The molecule has 1 aromatic rings. The molecule has 0 radical (unpaired) electrons. The van der Waals surface area contributed by atoms with Crippen LogP contribution in [0.1, 0.15) is 19.4 Å². The summed E-state index contributed by atoms with van der Waals surface area (Å²) in [5, 5.41) is 12.1. The maximum absolute atomic E-state index is 12.4. The molecule has 1 aromatic carbocycles. The van der Waals surface area contributed by atoms with Gasteiger partial charge in [-0.25, -0.2) is 0 Å². The number of carbonyl (C=O) groups excluding carboxylic acids is 1. The first-order valence-corrected chi connectivity index (χ1v) is 8.56. The number of halogens is 1. The molecule has 2 unspecified atom stereocenters. The predicted molar refractivity (Wildman–Crippen MR) is 97.8 cm³/mol. The van der Waals surface area contributed by atoms with E-state index in [0.29, 0.717) is 13.1 Å². The van der Waals surface area contributed by atoms with Crippen molar-refractivity contribution in [3.63, 3.8) is 0 Å². The fraction of sp³-hybridized carbons (Fsp3) is 0.412. The lowest BCUT2D eigenvalue weighted by Crippen LogP contribution is -2.43. The standard InChI is InChI=1S/C17H20IN3O2/c1-11-6-15(18)4-5-16(11)20-17(22)14(7-19)10-21-8-12(2)23-13(3)9-21/h4-6,10,12-13H,8-9H2,1-3H3,(H,20,22)/b14-10-. The van der Waals surface area contributed by atoms with Crippen LogP contribution in [0.4, 0.5) is 5.69 Å². The third kappa shape index (κ3) is 4.94. The van der Waals surface area contributed by atoms with Crippen LogP contribution in [0.3, 0.4) is 0 Å². The van der Waals surface area contributed by atoms with E-state index in [9.17, 15) is 10.1 Å². The quantitative estimate of drug-likeness (QED) is 0.460. The van der Waals surface area contributed by atoms with Gasteiger partial charge in [0.05, 0.1) is 12.2 Å². The van der Waals surface area contributed by atoms with Crippen molar-refractivity contribution >= 4 is 34.2 Å². The van der Waals surface area contributed by atoms with Gasteiger partial charge < -0.3 is 15.0 Å². The molecule has 0 aromatic heterocycles. The monoisotopic (exact) mass is 425 g/mol. The average molecular weight is 425 g/mol. The highest BCUT2D eigenvalue weighted by atomic mass is 127. The molecule has 6 heteroatoms. The van der Waals surface area contributed by atoms with E-state index in [4.69, 9.17) is 4.74 Å². The van der Waals surface area contributed by atoms with Gasteiger partial charge in [0.2, 0.25) is 0 Å². The number of ether oxygens (including phenoxy) is 1. The number of hydrogen-bond donors (Lipinski definition) is 1. The maximum atomic E-state index is 12.4. The second-order valence-electron chi connectivity index (χ2n) is 5.78. The largest absolute Gasteiger partial charge is 0.372 e. The van der Waals surface area contributed by atoms with Crippen LogP contribution >= 0.6 is 22.6 Å². The second kappa shape index (κ2) is 7.79. The van der Waals surface area contributed by atoms with Gasteiger partial charge in [-0.1, -0.05) is 0 Å². The number of morpholine rings is 1. The molecule has 1 amide bonds. The number of benzene rings is 1. The first-order valence-electron chi connectivity index (χ1n) is 7.48. The molecule has 0 saturated carbocycles.